The van der Waals surface area contributed by atoms with Crippen molar-refractivity contribution >= 4 is 23.4 Å². The van der Waals surface area contributed by atoms with E-state index in [1.807, 2.05) is 59.2 Å². The lowest BCUT2D eigenvalue weighted by atomic mass is 10.1. The number of hydrazone groups is 1. The number of ether oxygens (including phenoxy) is 1. The number of aromatic hydroxyl groups is 1. The second-order valence-electron chi connectivity index (χ2n) is 7.27. The average molecular weight is 474 g/mol. The minimum atomic E-state index is -0.267. The summed E-state index contributed by atoms with van der Waals surface area (Å²) in [6.45, 7) is 1.78. The predicted molar refractivity (Wildman–Crippen MR) is 133 cm³/mol. The molecule has 1 heterocycles. The largest absolute Gasteiger partial charge is 0.508 e. The minimum Gasteiger partial charge on any atom is -0.508 e. The van der Waals surface area contributed by atoms with Gasteiger partial charge in [0.2, 0.25) is 0 Å². The van der Waals surface area contributed by atoms with Crippen molar-refractivity contribution in [3.05, 3.63) is 84.4 Å². The lowest BCUT2D eigenvalue weighted by Crippen LogP contribution is -2.21. The Morgan fingerprint density at radius 1 is 1.03 bits per heavy atom. The number of carbonyl (C=O) groups is 1. The smallest absolute Gasteiger partial charge is 0.250 e. The number of aromatic nitrogens is 3. The molecule has 0 unspecified atom stereocenters. The summed E-state index contributed by atoms with van der Waals surface area (Å²) in [6, 6.07) is 23.9. The molecule has 9 heteroatoms. The predicted octanol–water partition coefficient (Wildman–Crippen LogP) is 4.28. The van der Waals surface area contributed by atoms with E-state index in [-0.39, 0.29) is 17.4 Å². The normalized spacial score (nSPS) is 11.3. The van der Waals surface area contributed by atoms with Gasteiger partial charge in [0.25, 0.3) is 5.91 Å². The Bertz CT molecular complexity index is 1290. The van der Waals surface area contributed by atoms with Crippen molar-refractivity contribution in [2.75, 3.05) is 12.9 Å². The van der Waals surface area contributed by atoms with Crippen LogP contribution >= 0.6 is 11.8 Å². The molecule has 4 aromatic rings. The van der Waals surface area contributed by atoms with E-state index >= 15 is 0 Å². The maximum Gasteiger partial charge on any atom is 0.250 e. The fraction of sp³-hybridized carbons (Fsp3) is 0.120. The Balaban J connectivity index is 1.51. The van der Waals surface area contributed by atoms with Crippen LogP contribution in [0.1, 0.15) is 12.5 Å². The summed E-state index contributed by atoms with van der Waals surface area (Å²) in [4.78, 5) is 12.5. The highest BCUT2D eigenvalue weighted by Crippen LogP contribution is 2.28. The summed E-state index contributed by atoms with van der Waals surface area (Å²) < 4.78 is 7.17. The Morgan fingerprint density at radius 2 is 1.74 bits per heavy atom. The van der Waals surface area contributed by atoms with E-state index in [1.54, 1.807) is 38.3 Å². The number of para-hydroxylation sites is 1. The number of amides is 1. The quantitative estimate of drug-likeness (QED) is 0.225. The van der Waals surface area contributed by atoms with Crippen LogP contribution in [0.15, 0.2) is 89.1 Å². The highest BCUT2D eigenvalue weighted by Gasteiger charge is 2.17. The Labute approximate surface area is 201 Å². The van der Waals surface area contributed by atoms with Gasteiger partial charge in [0.15, 0.2) is 11.0 Å². The van der Waals surface area contributed by atoms with Gasteiger partial charge in [-0.25, -0.2) is 5.43 Å². The number of phenols is 1. The Hall–Kier alpha value is -4.11. The van der Waals surface area contributed by atoms with Crippen molar-refractivity contribution in [1.29, 1.82) is 0 Å². The molecule has 0 fully saturated rings. The first kappa shape index (κ1) is 23.1. The van der Waals surface area contributed by atoms with Crippen LogP contribution in [0.25, 0.3) is 17.1 Å². The number of rotatable bonds is 8. The molecule has 1 amide bonds. The summed E-state index contributed by atoms with van der Waals surface area (Å²) in [5.41, 5.74) is 5.78. The summed E-state index contributed by atoms with van der Waals surface area (Å²) in [7, 11) is 1.62. The number of hydrogen-bond donors (Lipinski definition) is 2. The Morgan fingerprint density at radius 3 is 2.41 bits per heavy atom. The number of nitrogens with one attached hydrogen (secondary N) is 1. The molecule has 8 nitrogen and oxygen atoms in total. The zero-order valence-corrected chi connectivity index (χ0v) is 19.5. The Kier molecular flexibility index (Phi) is 7.24. The second-order valence-corrected chi connectivity index (χ2v) is 8.22. The molecule has 3 aromatic carbocycles. The van der Waals surface area contributed by atoms with Crippen LogP contribution in [0.3, 0.4) is 0 Å². The van der Waals surface area contributed by atoms with E-state index in [4.69, 9.17) is 4.74 Å². The van der Waals surface area contributed by atoms with Crippen molar-refractivity contribution in [3.8, 4) is 28.6 Å². The van der Waals surface area contributed by atoms with Crippen molar-refractivity contribution < 1.29 is 14.6 Å². The molecule has 1 aromatic heterocycles. The maximum absolute atomic E-state index is 12.5. The second kappa shape index (κ2) is 10.7. The molecule has 34 heavy (non-hydrogen) atoms. The molecule has 2 N–H and O–H groups in total. The van der Waals surface area contributed by atoms with Crippen molar-refractivity contribution in [2.24, 2.45) is 5.10 Å². The molecule has 172 valence electrons. The molecule has 0 aliphatic heterocycles. The van der Waals surface area contributed by atoms with Crippen LogP contribution in [0.2, 0.25) is 0 Å². The van der Waals surface area contributed by atoms with Crippen LogP contribution in [0.4, 0.5) is 0 Å². The number of methoxy groups -OCH3 is 1. The van der Waals surface area contributed by atoms with Gasteiger partial charge < -0.3 is 9.84 Å². The van der Waals surface area contributed by atoms with Gasteiger partial charge in [-0.1, -0.05) is 30.0 Å². The first-order valence-corrected chi connectivity index (χ1v) is 11.4. The number of phenolic OH excluding ortho intramolecular Hbond substituents is 1. The standard InChI is InChI=1S/C25H23N5O3S/c1-17(18-8-12-21(31)13-9-18)26-27-23(32)16-34-25-29-28-24(19-10-14-22(33-2)15-11-19)30(25)20-6-4-3-5-7-20/h3-15,31H,16H2,1-2H3,(H,27,32)/b26-17+. The zero-order chi connectivity index (χ0) is 23.9. The van der Waals surface area contributed by atoms with Gasteiger partial charge in [-0.05, 0) is 73.2 Å². The van der Waals surface area contributed by atoms with E-state index in [2.05, 4.69) is 20.7 Å². The molecule has 0 aliphatic rings. The lowest BCUT2D eigenvalue weighted by molar-refractivity contribution is -0.118. The molecule has 0 saturated carbocycles. The average Bonchev–Trinajstić information content (AvgIpc) is 3.31. The fourth-order valence-corrected chi connectivity index (χ4v) is 3.92. The van der Waals surface area contributed by atoms with E-state index in [1.165, 1.54) is 11.8 Å². The van der Waals surface area contributed by atoms with E-state index in [0.717, 1.165) is 22.6 Å². The first-order valence-electron chi connectivity index (χ1n) is 10.5. The van der Waals surface area contributed by atoms with Gasteiger partial charge >= 0.3 is 0 Å². The molecule has 0 bridgehead atoms. The number of nitrogens with zero attached hydrogens (tertiary/aromatic N) is 4. The first-order chi connectivity index (χ1) is 16.5. The summed E-state index contributed by atoms with van der Waals surface area (Å²) in [5, 5.41) is 22.9. The third kappa shape index (κ3) is 5.44. The van der Waals surface area contributed by atoms with E-state index in [0.29, 0.717) is 16.7 Å². The molecule has 0 saturated heterocycles. The molecular weight excluding hydrogens is 450 g/mol. The van der Waals surface area contributed by atoms with Gasteiger partial charge in [-0.15, -0.1) is 10.2 Å². The molecule has 0 radical (unpaired) electrons. The van der Waals surface area contributed by atoms with Crippen LogP contribution in [-0.4, -0.2) is 44.4 Å². The summed E-state index contributed by atoms with van der Waals surface area (Å²) in [5.74, 6) is 1.44. The van der Waals surface area contributed by atoms with Crippen LogP contribution < -0.4 is 10.2 Å². The molecular formula is C25H23N5O3S. The van der Waals surface area contributed by atoms with Gasteiger partial charge in [0.1, 0.15) is 11.5 Å². The van der Waals surface area contributed by atoms with E-state index < -0.39 is 0 Å². The number of carbonyl (C=O) groups excluding carboxylic acids is 1. The monoisotopic (exact) mass is 473 g/mol. The molecule has 4 rings (SSSR count). The van der Waals surface area contributed by atoms with E-state index in [9.17, 15) is 9.90 Å². The number of benzene rings is 3. The van der Waals surface area contributed by atoms with Crippen LogP contribution in [0.5, 0.6) is 11.5 Å². The van der Waals surface area contributed by atoms with Crippen molar-refractivity contribution in [2.45, 2.75) is 12.1 Å². The molecule has 0 spiro atoms. The van der Waals surface area contributed by atoms with Crippen LogP contribution in [-0.2, 0) is 4.79 Å². The highest BCUT2D eigenvalue weighted by molar-refractivity contribution is 7.99. The zero-order valence-electron chi connectivity index (χ0n) is 18.7. The topological polar surface area (TPSA) is 102 Å². The molecule has 0 atom stereocenters. The lowest BCUT2D eigenvalue weighted by Gasteiger charge is -2.10. The highest BCUT2D eigenvalue weighted by atomic mass is 32.2. The minimum absolute atomic E-state index is 0.111. The summed E-state index contributed by atoms with van der Waals surface area (Å²) >= 11 is 1.27. The third-order valence-corrected chi connectivity index (χ3v) is 5.89. The summed E-state index contributed by atoms with van der Waals surface area (Å²) in [6.07, 6.45) is 0. The fourth-order valence-electron chi connectivity index (χ4n) is 3.18. The van der Waals surface area contributed by atoms with Gasteiger partial charge in [0.05, 0.1) is 18.6 Å². The van der Waals surface area contributed by atoms with Crippen molar-refractivity contribution in [1.82, 2.24) is 20.2 Å². The van der Waals surface area contributed by atoms with Crippen molar-refractivity contribution in [3.63, 3.8) is 0 Å². The van der Waals surface area contributed by atoms with Gasteiger partial charge in [-0.2, -0.15) is 5.10 Å². The number of thioether (sulfide) groups is 1. The third-order valence-electron chi connectivity index (χ3n) is 4.96. The maximum atomic E-state index is 12.5. The number of hydrogen-bond acceptors (Lipinski definition) is 7. The van der Waals surface area contributed by atoms with Gasteiger partial charge in [0, 0.05) is 11.3 Å². The SMILES string of the molecule is COc1ccc(-c2nnc(SCC(=O)N/N=C(\C)c3ccc(O)cc3)n2-c2ccccc2)cc1. The van der Waals surface area contributed by atoms with Gasteiger partial charge in [-0.3, -0.25) is 9.36 Å². The molecule has 0 aliphatic carbocycles. The van der Waals surface area contributed by atoms with Crippen LogP contribution in [0, 0.1) is 0 Å².